The Hall–Kier alpha value is -2.70. The Morgan fingerprint density at radius 3 is 3.00 bits per heavy atom. The van der Waals surface area contributed by atoms with Gasteiger partial charge in [0.05, 0.1) is 13.4 Å². The van der Waals surface area contributed by atoms with Crippen LogP contribution in [-0.2, 0) is 0 Å². The Bertz CT molecular complexity index is 708. The van der Waals surface area contributed by atoms with Gasteiger partial charge < -0.3 is 15.5 Å². The third kappa shape index (κ3) is 1.61. The lowest BCUT2D eigenvalue weighted by molar-refractivity contribution is 0.398. The highest BCUT2D eigenvalue weighted by atomic mass is 16.5. The molecule has 3 heterocycles. The molecule has 3 aromatic rings. The van der Waals surface area contributed by atoms with Crippen LogP contribution in [0.4, 0.5) is 5.95 Å². The van der Waals surface area contributed by atoms with Gasteiger partial charge in [0.2, 0.25) is 11.8 Å². The molecule has 7 heteroatoms. The van der Waals surface area contributed by atoms with Gasteiger partial charge in [-0.1, -0.05) is 0 Å². The van der Waals surface area contributed by atoms with Crippen molar-refractivity contribution >= 4 is 17.1 Å². The van der Waals surface area contributed by atoms with Crippen molar-refractivity contribution in [3.63, 3.8) is 0 Å². The minimum absolute atomic E-state index is 0.181. The van der Waals surface area contributed by atoms with Crippen molar-refractivity contribution in [1.29, 1.82) is 0 Å². The molecular formula is C11H10N6O. The summed E-state index contributed by atoms with van der Waals surface area (Å²) in [6, 6.07) is 3.60. The summed E-state index contributed by atoms with van der Waals surface area (Å²) >= 11 is 0. The van der Waals surface area contributed by atoms with E-state index in [-0.39, 0.29) is 5.95 Å². The van der Waals surface area contributed by atoms with Crippen LogP contribution in [0.25, 0.3) is 22.4 Å². The molecule has 0 aromatic carbocycles. The molecule has 7 nitrogen and oxygen atoms in total. The fourth-order valence-corrected chi connectivity index (χ4v) is 1.73. The molecule has 0 aliphatic carbocycles. The molecule has 3 N–H and O–H groups in total. The van der Waals surface area contributed by atoms with E-state index in [1.165, 1.54) is 0 Å². The lowest BCUT2D eigenvalue weighted by Gasteiger charge is -2.04. The molecule has 0 bridgehead atoms. The van der Waals surface area contributed by atoms with Gasteiger partial charge >= 0.3 is 0 Å². The van der Waals surface area contributed by atoms with E-state index in [0.29, 0.717) is 17.2 Å². The van der Waals surface area contributed by atoms with E-state index >= 15 is 0 Å². The zero-order chi connectivity index (χ0) is 12.5. The van der Waals surface area contributed by atoms with Gasteiger partial charge in [-0.05, 0) is 6.07 Å². The largest absolute Gasteiger partial charge is 0.481 e. The Kier molecular flexibility index (Phi) is 2.30. The van der Waals surface area contributed by atoms with E-state index < -0.39 is 0 Å². The minimum atomic E-state index is 0.181. The van der Waals surface area contributed by atoms with Crippen LogP contribution in [0.15, 0.2) is 24.7 Å². The SMILES string of the molecule is COc1cc(-c2nc(N)nc3nc[nH]c23)ccn1. The maximum absolute atomic E-state index is 5.67. The van der Waals surface area contributed by atoms with Gasteiger partial charge in [0, 0.05) is 17.8 Å². The molecule has 90 valence electrons. The number of hydrogen-bond acceptors (Lipinski definition) is 6. The van der Waals surface area contributed by atoms with Crippen LogP contribution in [0.5, 0.6) is 5.88 Å². The number of nitrogen functional groups attached to an aromatic ring is 1. The molecule has 0 spiro atoms. The van der Waals surface area contributed by atoms with Crippen LogP contribution in [0.1, 0.15) is 0 Å². The van der Waals surface area contributed by atoms with Gasteiger partial charge in [-0.3, -0.25) is 0 Å². The standard InChI is InChI=1S/C11H10N6O/c1-18-7-4-6(2-3-13-7)8-9-10(15-5-14-9)17-11(12)16-8/h2-5H,1H3,(H3,12,14,15,16,17). The average molecular weight is 242 g/mol. The number of H-pyrrole nitrogens is 1. The lowest BCUT2D eigenvalue weighted by Crippen LogP contribution is -1.98. The molecule has 0 fully saturated rings. The summed E-state index contributed by atoms with van der Waals surface area (Å²) in [4.78, 5) is 19.4. The maximum atomic E-state index is 5.67. The fourth-order valence-electron chi connectivity index (χ4n) is 1.73. The second-order valence-corrected chi connectivity index (χ2v) is 3.62. The zero-order valence-electron chi connectivity index (χ0n) is 9.58. The smallest absolute Gasteiger partial charge is 0.222 e. The Morgan fingerprint density at radius 2 is 2.17 bits per heavy atom. The van der Waals surface area contributed by atoms with Gasteiger partial charge in [0.1, 0.15) is 11.2 Å². The molecule has 0 aliphatic rings. The molecule has 3 rings (SSSR count). The second kappa shape index (κ2) is 3.95. The molecule has 3 aromatic heterocycles. The predicted molar refractivity (Wildman–Crippen MR) is 65.9 cm³/mol. The summed E-state index contributed by atoms with van der Waals surface area (Å²) in [5.41, 5.74) is 8.45. The highest BCUT2D eigenvalue weighted by molar-refractivity contribution is 5.87. The van der Waals surface area contributed by atoms with Crippen molar-refractivity contribution in [3.05, 3.63) is 24.7 Å². The summed E-state index contributed by atoms with van der Waals surface area (Å²) in [6.07, 6.45) is 3.20. The van der Waals surface area contributed by atoms with E-state index in [9.17, 15) is 0 Å². The van der Waals surface area contributed by atoms with Gasteiger partial charge in [-0.25, -0.2) is 15.0 Å². The molecule has 0 amide bonds. The molecule has 0 aliphatic heterocycles. The summed E-state index contributed by atoms with van der Waals surface area (Å²) < 4.78 is 5.09. The number of pyridine rings is 1. The first-order chi connectivity index (χ1) is 8.78. The Morgan fingerprint density at radius 1 is 1.28 bits per heavy atom. The number of nitrogens with zero attached hydrogens (tertiary/aromatic N) is 4. The maximum Gasteiger partial charge on any atom is 0.222 e. The summed E-state index contributed by atoms with van der Waals surface area (Å²) in [6.45, 7) is 0. The van der Waals surface area contributed by atoms with Crippen molar-refractivity contribution in [2.24, 2.45) is 0 Å². The third-order valence-corrected chi connectivity index (χ3v) is 2.52. The van der Waals surface area contributed by atoms with Crippen LogP contribution in [0, 0.1) is 0 Å². The van der Waals surface area contributed by atoms with Crippen molar-refractivity contribution < 1.29 is 4.74 Å². The van der Waals surface area contributed by atoms with Crippen molar-refractivity contribution in [1.82, 2.24) is 24.9 Å². The first-order valence-corrected chi connectivity index (χ1v) is 5.25. The molecule has 0 saturated carbocycles. The number of ether oxygens (including phenoxy) is 1. The van der Waals surface area contributed by atoms with E-state index in [1.807, 2.05) is 6.07 Å². The minimum Gasteiger partial charge on any atom is -0.481 e. The van der Waals surface area contributed by atoms with Crippen molar-refractivity contribution in [2.45, 2.75) is 0 Å². The first-order valence-electron chi connectivity index (χ1n) is 5.25. The number of fused-ring (bicyclic) bond motifs is 1. The normalized spacial score (nSPS) is 10.7. The van der Waals surface area contributed by atoms with Gasteiger partial charge in [0.25, 0.3) is 0 Å². The topological polar surface area (TPSA) is 103 Å². The highest BCUT2D eigenvalue weighted by Gasteiger charge is 2.11. The van der Waals surface area contributed by atoms with E-state index in [4.69, 9.17) is 10.5 Å². The lowest BCUT2D eigenvalue weighted by atomic mass is 10.2. The number of nitrogens with one attached hydrogen (secondary N) is 1. The van der Waals surface area contributed by atoms with Crippen LogP contribution >= 0.6 is 0 Å². The summed E-state index contributed by atoms with van der Waals surface area (Å²) in [5.74, 6) is 0.692. The third-order valence-electron chi connectivity index (χ3n) is 2.52. The molecule has 0 saturated heterocycles. The quantitative estimate of drug-likeness (QED) is 0.695. The van der Waals surface area contributed by atoms with E-state index in [1.54, 1.807) is 25.7 Å². The summed E-state index contributed by atoms with van der Waals surface area (Å²) in [5, 5.41) is 0. The van der Waals surface area contributed by atoms with Crippen molar-refractivity contribution in [3.8, 4) is 17.1 Å². The second-order valence-electron chi connectivity index (χ2n) is 3.62. The average Bonchev–Trinajstić information content (AvgIpc) is 2.85. The number of methoxy groups -OCH3 is 1. The first kappa shape index (κ1) is 10.5. The Balaban J connectivity index is 2.26. The number of imidazole rings is 1. The van der Waals surface area contributed by atoms with Crippen molar-refractivity contribution in [2.75, 3.05) is 12.8 Å². The molecular weight excluding hydrogens is 232 g/mol. The monoisotopic (exact) mass is 242 g/mol. The van der Waals surface area contributed by atoms with E-state index in [2.05, 4.69) is 24.9 Å². The molecule has 0 unspecified atom stereocenters. The molecule has 0 radical (unpaired) electrons. The fraction of sp³-hybridized carbons (Fsp3) is 0.0909. The zero-order valence-corrected chi connectivity index (χ0v) is 9.58. The Labute approximate surface area is 102 Å². The van der Waals surface area contributed by atoms with Gasteiger partial charge in [-0.15, -0.1) is 0 Å². The number of hydrogen-bond donors (Lipinski definition) is 2. The number of anilines is 1. The number of rotatable bonds is 2. The van der Waals surface area contributed by atoms with Crippen LogP contribution < -0.4 is 10.5 Å². The van der Waals surface area contributed by atoms with Crippen LogP contribution in [-0.4, -0.2) is 32.0 Å². The predicted octanol–water partition coefficient (Wildman–Crippen LogP) is 1.01. The summed E-state index contributed by atoms with van der Waals surface area (Å²) in [7, 11) is 1.56. The number of nitrogens with two attached hydrogens (primary N) is 1. The van der Waals surface area contributed by atoms with Crippen LogP contribution in [0.2, 0.25) is 0 Å². The molecule has 18 heavy (non-hydrogen) atoms. The van der Waals surface area contributed by atoms with Crippen LogP contribution in [0.3, 0.4) is 0 Å². The molecule has 0 atom stereocenters. The highest BCUT2D eigenvalue weighted by Crippen LogP contribution is 2.26. The number of aromatic amines is 1. The number of aromatic nitrogens is 5. The van der Waals surface area contributed by atoms with Gasteiger partial charge in [0.15, 0.2) is 5.65 Å². The van der Waals surface area contributed by atoms with Gasteiger partial charge in [-0.2, -0.15) is 4.98 Å². The van der Waals surface area contributed by atoms with E-state index in [0.717, 1.165) is 11.1 Å².